The van der Waals surface area contributed by atoms with Crippen LogP contribution in [0.2, 0.25) is 0 Å². The Morgan fingerprint density at radius 1 is 1.47 bits per heavy atom. The Hall–Kier alpha value is -0.270. The second-order valence-electron chi connectivity index (χ2n) is 4.76. The van der Waals surface area contributed by atoms with Crippen molar-refractivity contribution in [1.29, 1.82) is 0 Å². The Balaban J connectivity index is 2.69. The van der Waals surface area contributed by atoms with Crippen molar-refractivity contribution >= 4 is 27.5 Å². The standard InChI is InChI=1S/C12H24N2O3S2/c1-4-10(3)13-8-11(15)14-6-7-18-9-12(14)19(16,17)5-2/h10,12-13H,4-9H2,1-3H3. The molecule has 7 heteroatoms. The van der Waals surface area contributed by atoms with Gasteiger partial charge in [-0.25, -0.2) is 8.42 Å². The Morgan fingerprint density at radius 3 is 2.74 bits per heavy atom. The average molecular weight is 308 g/mol. The fraction of sp³-hybridized carbons (Fsp3) is 0.917. The Morgan fingerprint density at radius 2 is 2.16 bits per heavy atom. The van der Waals surface area contributed by atoms with Crippen molar-refractivity contribution in [3.63, 3.8) is 0 Å². The molecule has 0 saturated carbocycles. The van der Waals surface area contributed by atoms with Crippen LogP contribution in [0.25, 0.3) is 0 Å². The van der Waals surface area contributed by atoms with Crippen LogP contribution in [-0.2, 0) is 14.6 Å². The zero-order valence-electron chi connectivity index (χ0n) is 11.9. The van der Waals surface area contributed by atoms with E-state index in [9.17, 15) is 13.2 Å². The molecule has 0 aromatic rings. The van der Waals surface area contributed by atoms with E-state index in [0.717, 1.165) is 12.2 Å². The normalized spacial score (nSPS) is 22.3. The van der Waals surface area contributed by atoms with Crippen LogP contribution in [-0.4, -0.2) is 61.0 Å². The number of sulfone groups is 1. The van der Waals surface area contributed by atoms with E-state index in [1.807, 2.05) is 13.8 Å². The van der Waals surface area contributed by atoms with Crippen molar-refractivity contribution in [2.45, 2.75) is 38.6 Å². The summed E-state index contributed by atoms with van der Waals surface area (Å²) in [4.78, 5) is 13.7. The average Bonchev–Trinajstić information content (AvgIpc) is 2.44. The number of thioether (sulfide) groups is 1. The first-order chi connectivity index (χ1) is 8.92. The van der Waals surface area contributed by atoms with E-state index >= 15 is 0 Å². The summed E-state index contributed by atoms with van der Waals surface area (Å²) in [5.41, 5.74) is 0. The van der Waals surface area contributed by atoms with E-state index in [1.54, 1.807) is 18.7 Å². The Kier molecular flexibility index (Phi) is 6.62. The topological polar surface area (TPSA) is 66.5 Å². The third kappa shape index (κ3) is 4.65. The number of hydrogen-bond acceptors (Lipinski definition) is 5. The molecule has 0 aromatic heterocycles. The molecule has 112 valence electrons. The third-order valence-electron chi connectivity index (χ3n) is 3.44. The maximum atomic E-state index is 12.2. The van der Waals surface area contributed by atoms with Crippen molar-refractivity contribution in [3.05, 3.63) is 0 Å². The van der Waals surface area contributed by atoms with E-state index in [0.29, 0.717) is 12.3 Å². The van der Waals surface area contributed by atoms with Crippen LogP contribution in [0, 0.1) is 0 Å². The molecule has 1 heterocycles. The van der Waals surface area contributed by atoms with Crippen LogP contribution >= 0.6 is 11.8 Å². The highest BCUT2D eigenvalue weighted by Crippen LogP contribution is 2.21. The molecular weight excluding hydrogens is 284 g/mol. The maximum absolute atomic E-state index is 12.2. The van der Waals surface area contributed by atoms with Crippen LogP contribution in [0.15, 0.2) is 0 Å². The van der Waals surface area contributed by atoms with Crippen molar-refractivity contribution in [3.8, 4) is 0 Å². The summed E-state index contributed by atoms with van der Waals surface area (Å²) >= 11 is 1.60. The first-order valence-corrected chi connectivity index (χ1v) is 9.61. The zero-order chi connectivity index (χ0) is 14.5. The van der Waals surface area contributed by atoms with Crippen molar-refractivity contribution in [1.82, 2.24) is 10.2 Å². The Bertz CT molecular complexity index is 398. The van der Waals surface area contributed by atoms with Gasteiger partial charge in [0.15, 0.2) is 9.84 Å². The lowest BCUT2D eigenvalue weighted by Gasteiger charge is -2.35. The molecule has 0 aliphatic carbocycles. The summed E-state index contributed by atoms with van der Waals surface area (Å²) in [5, 5.41) is 2.48. The zero-order valence-corrected chi connectivity index (χ0v) is 13.5. The van der Waals surface area contributed by atoms with Gasteiger partial charge in [-0.1, -0.05) is 13.8 Å². The lowest BCUT2D eigenvalue weighted by molar-refractivity contribution is -0.130. The van der Waals surface area contributed by atoms with Gasteiger partial charge in [-0.15, -0.1) is 0 Å². The number of carbonyl (C=O) groups excluding carboxylic acids is 1. The minimum absolute atomic E-state index is 0.0841. The first-order valence-electron chi connectivity index (χ1n) is 6.74. The highest BCUT2D eigenvalue weighted by Gasteiger charge is 2.35. The fourth-order valence-electron chi connectivity index (χ4n) is 1.86. The summed E-state index contributed by atoms with van der Waals surface area (Å²) in [5.74, 6) is 1.28. The van der Waals surface area contributed by atoms with Crippen LogP contribution < -0.4 is 5.32 Å². The smallest absolute Gasteiger partial charge is 0.237 e. The molecule has 1 rings (SSSR count). The second kappa shape index (κ2) is 7.50. The van der Waals surface area contributed by atoms with Crippen LogP contribution in [0.3, 0.4) is 0 Å². The molecule has 0 spiro atoms. The van der Waals surface area contributed by atoms with Gasteiger partial charge in [0.1, 0.15) is 5.37 Å². The highest BCUT2D eigenvalue weighted by atomic mass is 32.2. The molecule has 1 saturated heterocycles. The lowest BCUT2D eigenvalue weighted by Crippen LogP contribution is -2.53. The van der Waals surface area contributed by atoms with Crippen molar-refractivity contribution in [2.75, 3.05) is 30.3 Å². The molecule has 2 atom stereocenters. The molecule has 2 unspecified atom stereocenters. The fourth-order valence-corrected chi connectivity index (χ4v) is 4.85. The number of rotatable bonds is 6. The molecule has 1 aliphatic heterocycles. The quantitative estimate of drug-likeness (QED) is 0.783. The predicted molar refractivity (Wildman–Crippen MR) is 80.0 cm³/mol. The molecule has 0 aromatic carbocycles. The van der Waals surface area contributed by atoms with Gasteiger partial charge in [-0.3, -0.25) is 4.79 Å². The van der Waals surface area contributed by atoms with Gasteiger partial charge in [0, 0.05) is 29.8 Å². The van der Waals surface area contributed by atoms with Gasteiger partial charge in [0.05, 0.1) is 6.54 Å². The van der Waals surface area contributed by atoms with Crippen molar-refractivity contribution < 1.29 is 13.2 Å². The number of carbonyl (C=O) groups is 1. The van der Waals surface area contributed by atoms with Crippen LogP contribution in [0.4, 0.5) is 0 Å². The van der Waals surface area contributed by atoms with E-state index in [-0.39, 0.29) is 24.2 Å². The van der Waals surface area contributed by atoms with Gasteiger partial charge >= 0.3 is 0 Å². The minimum Gasteiger partial charge on any atom is -0.323 e. The molecule has 5 nitrogen and oxygen atoms in total. The predicted octanol–water partition coefficient (Wildman–Crippen LogP) is 0.711. The third-order valence-corrected chi connectivity index (χ3v) is 6.72. The van der Waals surface area contributed by atoms with Crippen LogP contribution in [0.1, 0.15) is 27.2 Å². The molecule has 1 aliphatic rings. The maximum Gasteiger partial charge on any atom is 0.237 e. The van der Waals surface area contributed by atoms with Gasteiger partial charge < -0.3 is 10.2 Å². The SMILES string of the molecule is CCC(C)NCC(=O)N1CCSCC1S(=O)(=O)CC. The second-order valence-corrected chi connectivity index (χ2v) is 8.36. The van der Waals surface area contributed by atoms with Gasteiger partial charge in [0.2, 0.25) is 5.91 Å². The van der Waals surface area contributed by atoms with E-state index in [4.69, 9.17) is 0 Å². The van der Waals surface area contributed by atoms with E-state index in [2.05, 4.69) is 5.32 Å². The number of hydrogen-bond donors (Lipinski definition) is 1. The van der Waals surface area contributed by atoms with Crippen LogP contribution in [0.5, 0.6) is 0 Å². The largest absolute Gasteiger partial charge is 0.323 e. The molecule has 19 heavy (non-hydrogen) atoms. The minimum atomic E-state index is -3.20. The molecule has 0 bridgehead atoms. The summed E-state index contributed by atoms with van der Waals surface area (Å²) in [6.07, 6.45) is 0.944. The number of amides is 1. The van der Waals surface area contributed by atoms with Gasteiger partial charge in [-0.2, -0.15) is 11.8 Å². The molecule has 1 fully saturated rings. The monoisotopic (exact) mass is 308 g/mol. The van der Waals surface area contributed by atoms with E-state index < -0.39 is 15.2 Å². The highest BCUT2D eigenvalue weighted by molar-refractivity contribution is 8.01. The molecule has 1 N–H and O–H groups in total. The molecular formula is C12H24N2O3S2. The van der Waals surface area contributed by atoms with Gasteiger partial charge in [0.25, 0.3) is 0 Å². The number of nitrogens with one attached hydrogen (secondary N) is 1. The van der Waals surface area contributed by atoms with Gasteiger partial charge in [-0.05, 0) is 13.3 Å². The van der Waals surface area contributed by atoms with Crippen molar-refractivity contribution in [2.24, 2.45) is 0 Å². The van der Waals surface area contributed by atoms with E-state index in [1.165, 1.54) is 4.90 Å². The summed E-state index contributed by atoms with van der Waals surface area (Å²) in [7, 11) is -3.20. The summed E-state index contributed by atoms with van der Waals surface area (Å²) in [6, 6.07) is 0.268. The first kappa shape index (κ1) is 16.8. The Labute approximate surface area is 120 Å². The molecule has 1 amide bonds. The lowest BCUT2D eigenvalue weighted by atomic mass is 10.2. The molecule has 0 radical (unpaired) electrons. The summed E-state index contributed by atoms with van der Waals surface area (Å²) in [6.45, 7) is 6.43. The summed E-state index contributed by atoms with van der Waals surface area (Å²) < 4.78 is 24.1. The number of nitrogens with zero attached hydrogens (tertiary/aromatic N) is 1.